The molecule has 0 radical (unpaired) electrons. The maximum Gasteiger partial charge on any atom is 0.0560 e. The van der Waals surface area contributed by atoms with Crippen molar-refractivity contribution in [1.82, 2.24) is 15.1 Å². The van der Waals surface area contributed by atoms with E-state index in [0.717, 1.165) is 12.6 Å². The fraction of sp³-hybridized carbons (Fsp3) is 0.727. The summed E-state index contributed by atoms with van der Waals surface area (Å²) in [4.78, 5) is 0. The highest BCUT2D eigenvalue weighted by molar-refractivity contribution is 4.81. The van der Waals surface area contributed by atoms with E-state index in [1.165, 1.54) is 25.7 Å². The van der Waals surface area contributed by atoms with E-state index in [1.807, 2.05) is 23.1 Å². The highest BCUT2D eigenvalue weighted by Crippen LogP contribution is 2.18. The van der Waals surface area contributed by atoms with Gasteiger partial charge in [-0.05, 0) is 25.8 Å². The molecule has 0 aliphatic heterocycles. The van der Waals surface area contributed by atoms with Crippen LogP contribution in [0.2, 0.25) is 0 Å². The van der Waals surface area contributed by atoms with Gasteiger partial charge in [-0.1, -0.05) is 12.8 Å². The Labute approximate surface area is 85.5 Å². The van der Waals surface area contributed by atoms with Gasteiger partial charge in [-0.2, -0.15) is 5.10 Å². The fourth-order valence-electron chi connectivity index (χ4n) is 2.24. The highest BCUT2D eigenvalue weighted by Gasteiger charge is 2.16. The summed E-state index contributed by atoms with van der Waals surface area (Å²) in [7, 11) is 0. The van der Waals surface area contributed by atoms with Crippen molar-refractivity contribution in [3.8, 4) is 0 Å². The zero-order valence-electron chi connectivity index (χ0n) is 8.82. The van der Waals surface area contributed by atoms with Gasteiger partial charge in [0.05, 0.1) is 6.54 Å². The molecule has 3 heteroatoms. The molecule has 1 saturated carbocycles. The van der Waals surface area contributed by atoms with E-state index in [4.69, 9.17) is 0 Å². The summed E-state index contributed by atoms with van der Waals surface area (Å²) in [5.74, 6) is 0. The number of rotatable bonds is 4. The van der Waals surface area contributed by atoms with Gasteiger partial charge in [0.1, 0.15) is 0 Å². The normalized spacial score (nSPS) is 20.1. The molecule has 1 aliphatic rings. The molecule has 1 heterocycles. The first-order chi connectivity index (χ1) is 6.84. The van der Waals surface area contributed by atoms with Gasteiger partial charge in [0, 0.05) is 24.5 Å². The highest BCUT2D eigenvalue weighted by atomic mass is 15.3. The van der Waals surface area contributed by atoms with Crippen molar-refractivity contribution in [3.63, 3.8) is 0 Å². The fourth-order valence-corrected chi connectivity index (χ4v) is 2.24. The van der Waals surface area contributed by atoms with E-state index in [1.54, 1.807) is 0 Å². The second kappa shape index (κ2) is 4.60. The maximum absolute atomic E-state index is 4.21. The maximum atomic E-state index is 4.21. The van der Waals surface area contributed by atoms with Crippen molar-refractivity contribution >= 4 is 0 Å². The minimum absolute atomic E-state index is 0.526. The monoisotopic (exact) mass is 193 g/mol. The first-order valence-electron chi connectivity index (χ1n) is 5.58. The summed E-state index contributed by atoms with van der Waals surface area (Å²) >= 11 is 0. The van der Waals surface area contributed by atoms with E-state index < -0.39 is 0 Å². The lowest BCUT2D eigenvalue weighted by Gasteiger charge is -2.18. The Hall–Kier alpha value is -0.830. The molecular formula is C11H19N3. The Kier molecular flexibility index (Phi) is 3.19. The van der Waals surface area contributed by atoms with E-state index in [-0.39, 0.29) is 0 Å². The molecule has 0 bridgehead atoms. The largest absolute Gasteiger partial charge is 0.310 e. The summed E-state index contributed by atoms with van der Waals surface area (Å²) in [6.45, 7) is 3.21. The van der Waals surface area contributed by atoms with Crippen molar-refractivity contribution in [1.29, 1.82) is 0 Å². The van der Waals surface area contributed by atoms with Crippen molar-refractivity contribution < 1.29 is 0 Å². The molecule has 78 valence electrons. The molecule has 1 fully saturated rings. The van der Waals surface area contributed by atoms with Crippen LogP contribution in [0.5, 0.6) is 0 Å². The average Bonchev–Trinajstić information content (AvgIpc) is 2.76. The van der Waals surface area contributed by atoms with Crippen LogP contribution in [0.3, 0.4) is 0 Å². The third kappa shape index (κ3) is 2.58. The molecule has 3 nitrogen and oxygen atoms in total. The van der Waals surface area contributed by atoms with Crippen LogP contribution >= 0.6 is 0 Å². The van der Waals surface area contributed by atoms with Gasteiger partial charge in [0.2, 0.25) is 0 Å². The standard InChI is InChI=1S/C11H19N3/c1-10(9-14-8-4-7-12-14)13-11-5-2-3-6-11/h4,7-8,10-11,13H,2-3,5-6,9H2,1H3. The lowest BCUT2D eigenvalue weighted by molar-refractivity contribution is 0.396. The molecule has 0 amide bonds. The number of hydrogen-bond donors (Lipinski definition) is 1. The van der Waals surface area contributed by atoms with Crippen molar-refractivity contribution in [2.24, 2.45) is 0 Å². The van der Waals surface area contributed by atoms with Crippen LogP contribution in [0.15, 0.2) is 18.5 Å². The summed E-state index contributed by atoms with van der Waals surface area (Å²) in [6, 6.07) is 3.25. The Morgan fingerprint density at radius 3 is 2.93 bits per heavy atom. The first kappa shape index (κ1) is 9.71. The molecule has 0 spiro atoms. The molecule has 1 aromatic rings. The summed E-state index contributed by atoms with van der Waals surface area (Å²) in [5.41, 5.74) is 0. The molecular weight excluding hydrogens is 174 g/mol. The molecule has 14 heavy (non-hydrogen) atoms. The SMILES string of the molecule is CC(Cn1cccn1)NC1CCCC1. The van der Waals surface area contributed by atoms with Gasteiger partial charge >= 0.3 is 0 Å². The van der Waals surface area contributed by atoms with Crippen LogP contribution < -0.4 is 5.32 Å². The molecule has 0 saturated heterocycles. The Balaban J connectivity index is 1.75. The van der Waals surface area contributed by atoms with Crippen LogP contribution in [0.25, 0.3) is 0 Å². The third-order valence-electron chi connectivity index (χ3n) is 2.90. The third-order valence-corrected chi connectivity index (χ3v) is 2.90. The quantitative estimate of drug-likeness (QED) is 0.790. The van der Waals surface area contributed by atoms with Gasteiger partial charge in [0.25, 0.3) is 0 Å². The van der Waals surface area contributed by atoms with E-state index in [0.29, 0.717) is 6.04 Å². The van der Waals surface area contributed by atoms with Crippen LogP contribution in [0.4, 0.5) is 0 Å². The lowest BCUT2D eigenvalue weighted by Crippen LogP contribution is -2.37. The number of nitrogens with one attached hydrogen (secondary N) is 1. The Bertz CT molecular complexity index is 250. The molecule has 0 aromatic carbocycles. The summed E-state index contributed by atoms with van der Waals surface area (Å²) in [5, 5.41) is 7.86. The Morgan fingerprint density at radius 2 is 2.29 bits per heavy atom. The summed E-state index contributed by atoms with van der Waals surface area (Å²) in [6.07, 6.45) is 9.35. The molecule has 1 atom stereocenters. The van der Waals surface area contributed by atoms with Crippen molar-refractivity contribution in [2.75, 3.05) is 0 Å². The predicted molar refractivity (Wildman–Crippen MR) is 57.1 cm³/mol. The van der Waals surface area contributed by atoms with E-state index in [9.17, 15) is 0 Å². The number of hydrogen-bond acceptors (Lipinski definition) is 2. The van der Waals surface area contributed by atoms with Crippen LogP contribution in [0.1, 0.15) is 32.6 Å². The van der Waals surface area contributed by atoms with Crippen LogP contribution in [0, 0.1) is 0 Å². The van der Waals surface area contributed by atoms with Crippen LogP contribution in [-0.4, -0.2) is 21.9 Å². The minimum Gasteiger partial charge on any atom is -0.310 e. The minimum atomic E-state index is 0.526. The van der Waals surface area contributed by atoms with Gasteiger partial charge in [-0.25, -0.2) is 0 Å². The van der Waals surface area contributed by atoms with Crippen molar-refractivity contribution in [3.05, 3.63) is 18.5 Å². The zero-order valence-corrected chi connectivity index (χ0v) is 8.82. The van der Waals surface area contributed by atoms with Gasteiger partial charge < -0.3 is 5.32 Å². The summed E-state index contributed by atoms with van der Waals surface area (Å²) < 4.78 is 1.99. The van der Waals surface area contributed by atoms with Crippen LogP contribution in [-0.2, 0) is 6.54 Å². The molecule has 1 N–H and O–H groups in total. The zero-order chi connectivity index (χ0) is 9.80. The molecule has 1 unspecified atom stereocenters. The number of aromatic nitrogens is 2. The lowest BCUT2D eigenvalue weighted by atomic mass is 10.2. The molecule has 2 rings (SSSR count). The number of nitrogens with zero attached hydrogens (tertiary/aromatic N) is 2. The molecule has 1 aliphatic carbocycles. The van der Waals surface area contributed by atoms with Gasteiger partial charge in [0.15, 0.2) is 0 Å². The predicted octanol–water partition coefficient (Wildman–Crippen LogP) is 1.80. The second-order valence-electron chi connectivity index (χ2n) is 4.28. The smallest absolute Gasteiger partial charge is 0.0560 e. The van der Waals surface area contributed by atoms with E-state index >= 15 is 0 Å². The average molecular weight is 193 g/mol. The van der Waals surface area contributed by atoms with E-state index in [2.05, 4.69) is 17.3 Å². The first-order valence-corrected chi connectivity index (χ1v) is 5.58. The van der Waals surface area contributed by atoms with Crippen molar-refractivity contribution in [2.45, 2.75) is 51.2 Å². The Morgan fingerprint density at radius 1 is 1.50 bits per heavy atom. The van der Waals surface area contributed by atoms with Gasteiger partial charge in [-0.15, -0.1) is 0 Å². The second-order valence-corrected chi connectivity index (χ2v) is 4.28. The molecule has 1 aromatic heterocycles. The topological polar surface area (TPSA) is 29.9 Å². The van der Waals surface area contributed by atoms with Gasteiger partial charge in [-0.3, -0.25) is 4.68 Å².